The van der Waals surface area contributed by atoms with Crippen molar-refractivity contribution >= 4 is 17.7 Å². The molecule has 1 aromatic rings. The second kappa shape index (κ2) is 9.60. The van der Waals surface area contributed by atoms with E-state index in [4.69, 9.17) is 9.47 Å². The summed E-state index contributed by atoms with van der Waals surface area (Å²) >= 11 is 0. The first-order valence-electron chi connectivity index (χ1n) is 10.3. The van der Waals surface area contributed by atoms with Crippen molar-refractivity contribution in [1.29, 1.82) is 0 Å². The van der Waals surface area contributed by atoms with Crippen molar-refractivity contribution < 1.29 is 34.1 Å². The maximum absolute atomic E-state index is 13.0. The molecule has 166 valence electrons. The van der Waals surface area contributed by atoms with Gasteiger partial charge in [-0.1, -0.05) is 39.8 Å². The number of hydrogen-bond acceptors (Lipinski definition) is 7. The van der Waals surface area contributed by atoms with Crippen molar-refractivity contribution in [2.24, 2.45) is 23.7 Å². The first kappa shape index (κ1) is 23.9. The number of benzene rings is 1. The van der Waals surface area contributed by atoms with Crippen molar-refractivity contribution in [2.45, 2.75) is 52.6 Å². The minimum absolute atomic E-state index is 0.0711. The molecule has 0 aliphatic heterocycles. The van der Waals surface area contributed by atoms with E-state index in [9.17, 15) is 24.6 Å². The van der Waals surface area contributed by atoms with E-state index in [2.05, 4.69) is 0 Å². The van der Waals surface area contributed by atoms with Gasteiger partial charge < -0.3 is 19.7 Å². The monoisotopic (exact) mass is 420 g/mol. The number of rotatable bonds is 7. The van der Waals surface area contributed by atoms with E-state index in [1.165, 1.54) is 19.1 Å². The molecule has 30 heavy (non-hydrogen) atoms. The van der Waals surface area contributed by atoms with Crippen molar-refractivity contribution in [3.8, 4) is 5.75 Å². The number of ether oxygens (including phenoxy) is 2. The fraction of sp³-hybridized carbons (Fsp3) is 0.609. The number of aromatic hydroxyl groups is 1. The van der Waals surface area contributed by atoms with Gasteiger partial charge in [0.1, 0.15) is 11.7 Å². The molecule has 0 aromatic heterocycles. The summed E-state index contributed by atoms with van der Waals surface area (Å²) in [7, 11) is 0. The van der Waals surface area contributed by atoms with E-state index >= 15 is 0 Å². The van der Waals surface area contributed by atoms with Gasteiger partial charge in [-0.2, -0.15) is 0 Å². The van der Waals surface area contributed by atoms with Crippen molar-refractivity contribution in [3.63, 3.8) is 0 Å². The normalized spacial score (nSPS) is 26.7. The van der Waals surface area contributed by atoms with Crippen LogP contribution in [0.3, 0.4) is 0 Å². The van der Waals surface area contributed by atoms with E-state index < -0.39 is 41.1 Å². The van der Waals surface area contributed by atoms with Gasteiger partial charge in [0.2, 0.25) is 0 Å². The van der Waals surface area contributed by atoms with Crippen LogP contribution in [-0.4, -0.2) is 46.7 Å². The summed E-state index contributed by atoms with van der Waals surface area (Å²) < 4.78 is 10.7. The zero-order chi connectivity index (χ0) is 22.6. The number of aliphatic hydroxyl groups is 1. The Morgan fingerprint density at radius 2 is 1.67 bits per heavy atom. The predicted molar refractivity (Wildman–Crippen MR) is 110 cm³/mol. The van der Waals surface area contributed by atoms with E-state index in [0.29, 0.717) is 5.56 Å². The van der Waals surface area contributed by atoms with Gasteiger partial charge in [0.25, 0.3) is 0 Å². The number of carbonyl (C=O) groups excluding carboxylic acids is 3. The molecule has 0 amide bonds. The average molecular weight is 421 g/mol. The minimum atomic E-state index is -1.71. The Morgan fingerprint density at radius 3 is 2.20 bits per heavy atom. The Balaban J connectivity index is 2.53. The quantitative estimate of drug-likeness (QED) is 0.515. The van der Waals surface area contributed by atoms with Gasteiger partial charge in [-0.05, 0) is 36.5 Å². The second-order valence-corrected chi connectivity index (χ2v) is 9.12. The topological polar surface area (TPSA) is 110 Å². The molecule has 1 aliphatic carbocycles. The molecule has 2 N–H and O–H groups in total. The van der Waals surface area contributed by atoms with Crippen LogP contribution in [0, 0.1) is 23.7 Å². The van der Waals surface area contributed by atoms with E-state index in [1.54, 1.807) is 12.1 Å². The number of hydrogen-bond donors (Lipinski definition) is 2. The maximum Gasteiger partial charge on any atom is 0.317 e. The first-order valence-corrected chi connectivity index (χ1v) is 10.3. The number of Topliss-reactive ketones (excluding diaryl/α,β-unsaturated/α-hetero) is 1. The van der Waals surface area contributed by atoms with Gasteiger partial charge in [-0.25, -0.2) is 0 Å². The van der Waals surface area contributed by atoms with Gasteiger partial charge in [-0.3, -0.25) is 14.4 Å². The summed E-state index contributed by atoms with van der Waals surface area (Å²) in [6.45, 7) is 9.20. The number of ketones is 1. The lowest BCUT2D eigenvalue weighted by molar-refractivity contribution is -0.174. The van der Waals surface area contributed by atoms with Gasteiger partial charge in [-0.15, -0.1) is 0 Å². The Morgan fingerprint density at radius 1 is 1.10 bits per heavy atom. The third-order valence-corrected chi connectivity index (χ3v) is 5.15. The summed E-state index contributed by atoms with van der Waals surface area (Å²) in [5.41, 5.74) is -1.32. The lowest BCUT2D eigenvalue weighted by Crippen LogP contribution is -2.55. The van der Waals surface area contributed by atoms with Crippen molar-refractivity contribution in [1.82, 2.24) is 0 Å². The molecular weight excluding hydrogens is 388 g/mol. The summed E-state index contributed by atoms with van der Waals surface area (Å²) in [5.74, 6) is -5.32. The molecule has 0 radical (unpaired) electrons. The highest BCUT2D eigenvalue weighted by Crippen LogP contribution is 2.47. The third kappa shape index (κ3) is 5.59. The lowest BCUT2D eigenvalue weighted by atomic mass is 9.61. The fourth-order valence-electron chi connectivity index (χ4n) is 3.82. The third-order valence-electron chi connectivity index (χ3n) is 5.15. The van der Waals surface area contributed by atoms with E-state index in [1.807, 2.05) is 27.7 Å². The van der Waals surface area contributed by atoms with Gasteiger partial charge in [0, 0.05) is 12.3 Å². The van der Waals surface area contributed by atoms with Crippen LogP contribution in [0.15, 0.2) is 24.3 Å². The molecule has 2 rings (SSSR count). The molecule has 1 saturated carbocycles. The molecule has 0 heterocycles. The molecule has 0 spiro atoms. The zero-order valence-electron chi connectivity index (χ0n) is 18.3. The van der Waals surface area contributed by atoms with Crippen molar-refractivity contribution in [3.05, 3.63) is 29.8 Å². The smallest absolute Gasteiger partial charge is 0.317 e. The summed E-state index contributed by atoms with van der Waals surface area (Å²) in [6, 6.07) is 6.02. The Labute approximate surface area is 177 Å². The Kier molecular flexibility index (Phi) is 7.64. The molecule has 0 saturated heterocycles. The van der Waals surface area contributed by atoms with Gasteiger partial charge >= 0.3 is 11.9 Å². The van der Waals surface area contributed by atoms with Crippen LogP contribution in [0.25, 0.3) is 0 Å². The van der Waals surface area contributed by atoms with E-state index in [-0.39, 0.29) is 37.2 Å². The lowest BCUT2D eigenvalue weighted by Gasteiger charge is -2.43. The summed E-state index contributed by atoms with van der Waals surface area (Å²) in [5, 5.41) is 21.0. The Bertz CT molecular complexity index is 782. The first-order chi connectivity index (χ1) is 13.9. The molecule has 1 aromatic carbocycles. The minimum Gasteiger partial charge on any atom is -0.508 e. The highest BCUT2D eigenvalue weighted by molar-refractivity contribution is 6.02. The van der Waals surface area contributed by atoms with Gasteiger partial charge in [0.15, 0.2) is 5.78 Å². The number of phenols is 1. The summed E-state index contributed by atoms with van der Waals surface area (Å²) in [4.78, 5) is 38.8. The predicted octanol–water partition coefficient (Wildman–Crippen LogP) is 2.83. The molecular formula is C23H32O7. The highest BCUT2D eigenvalue weighted by atomic mass is 16.5. The molecule has 0 bridgehead atoms. The van der Waals surface area contributed by atoms with Crippen LogP contribution in [0.1, 0.15) is 52.5 Å². The second-order valence-electron chi connectivity index (χ2n) is 9.12. The molecule has 1 fully saturated rings. The van der Waals surface area contributed by atoms with E-state index in [0.717, 1.165) is 0 Å². The number of phenolic OH excluding ortho intramolecular Hbond substituents is 1. The van der Waals surface area contributed by atoms with Crippen LogP contribution in [0.5, 0.6) is 5.75 Å². The Hall–Kier alpha value is -2.41. The van der Waals surface area contributed by atoms with Crippen LogP contribution in [0.2, 0.25) is 0 Å². The maximum atomic E-state index is 13.0. The molecule has 1 aliphatic rings. The van der Waals surface area contributed by atoms with Crippen LogP contribution < -0.4 is 0 Å². The average Bonchev–Trinajstić information content (AvgIpc) is 2.62. The van der Waals surface area contributed by atoms with Crippen LogP contribution >= 0.6 is 0 Å². The van der Waals surface area contributed by atoms with Crippen molar-refractivity contribution in [2.75, 3.05) is 13.2 Å². The largest absolute Gasteiger partial charge is 0.508 e. The highest BCUT2D eigenvalue weighted by Gasteiger charge is 2.57. The molecule has 0 unspecified atom stereocenters. The van der Waals surface area contributed by atoms with Crippen LogP contribution in [0.4, 0.5) is 0 Å². The molecule has 4 atom stereocenters. The fourth-order valence-corrected chi connectivity index (χ4v) is 3.82. The number of esters is 2. The standard InChI is InChI=1S/C23H32O7/c1-13(2)11-29-21(26)19-17(25)10-23(5,28)20(22(27)30-12-14(3)4)18(19)15-7-6-8-16(24)9-15/h6-9,13-14,18-20,24,28H,10-12H2,1-5H3/t18-,19+,20+,23-/m0/s1. The number of carbonyl (C=O) groups is 3. The SMILES string of the molecule is CC(C)COC(=O)[C@@H]1C(=O)C[C@](C)(O)[C@@H](C(=O)OCC(C)C)[C@H]1c1cccc(O)c1. The van der Waals surface area contributed by atoms with Crippen LogP contribution in [-0.2, 0) is 23.9 Å². The molecule has 7 heteroatoms. The molecule has 7 nitrogen and oxygen atoms in total. The van der Waals surface area contributed by atoms with Gasteiger partial charge in [0.05, 0.1) is 24.7 Å². The summed E-state index contributed by atoms with van der Waals surface area (Å²) in [6.07, 6.45) is -0.370. The zero-order valence-corrected chi connectivity index (χ0v) is 18.3.